The first-order valence-corrected chi connectivity index (χ1v) is 11.0. The quantitative estimate of drug-likeness (QED) is 0.313. The van der Waals surface area contributed by atoms with Crippen LogP contribution in [-0.4, -0.2) is 31.3 Å². The Labute approximate surface area is 177 Å². The Hall–Kier alpha value is -2.71. The Bertz CT molecular complexity index is 1160. The van der Waals surface area contributed by atoms with E-state index in [9.17, 15) is 4.79 Å². The average Bonchev–Trinajstić information content (AvgIpc) is 3.39. The topological polar surface area (TPSA) is 73.8 Å². The summed E-state index contributed by atoms with van der Waals surface area (Å²) in [6.07, 6.45) is 1.76. The molecular formula is C21H20N4O2S2. The summed E-state index contributed by atoms with van der Waals surface area (Å²) in [4.78, 5) is 17.1. The zero-order valence-electron chi connectivity index (χ0n) is 16.6. The lowest BCUT2D eigenvalue weighted by Crippen LogP contribution is -2.05. The SMILES string of the molecule is Cc1cc(C)cc(-c2nnc(SCC(=O)c3cc(C)n(-c4nccs4)c3C)o2)c1. The molecule has 6 nitrogen and oxygen atoms in total. The summed E-state index contributed by atoms with van der Waals surface area (Å²) in [5.74, 6) is 0.724. The third-order valence-corrected chi connectivity index (χ3v) is 6.12. The van der Waals surface area contributed by atoms with E-state index in [4.69, 9.17) is 4.42 Å². The highest BCUT2D eigenvalue weighted by Gasteiger charge is 2.19. The van der Waals surface area contributed by atoms with E-state index in [1.165, 1.54) is 11.8 Å². The third kappa shape index (κ3) is 4.04. The number of carbonyl (C=O) groups excluding carboxylic acids is 1. The standard InChI is InChI=1S/C21H20N4O2S2/c1-12-7-13(2)9-16(8-12)19-23-24-21(27-19)29-11-18(26)17-10-14(3)25(15(17)4)20-22-5-6-28-20/h5-10H,11H2,1-4H3. The van der Waals surface area contributed by atoms with Crippen molar-refractivity contribution in [3.63, 3.8) is 0 Å². The van der Waals surface area contributed by atoms with E-state index in [1.54, 1.807) is 17.5 Å². The summed E-state index contributed by atoms with van der Waals surface area (Å²) < 4.78 is 7.77. The second-order valence-corrected chi connectivity index (χ2v) is 8.70. The van der Waals surface area contributed by atoms with Crippen molar-refractivity contribution in [2.75, 3.05) is 5.75 Å². The van der Waals surface area contributed by atoms with Crippen molar-refractivity contribution in [1.29, 1.82) is 0 Å². The fraction of sp³-hybridized carbons (Fsp3) is 0.238. The number of hydrogen-bond donors (Lipinski definition) is 0. The van der Waals surface area contributed by atoms with Gasteiger partial charge in [0.2, 0.25) is 5.89 Å². The molecule has 0 fully saturated rings. The lowest BCUT2D eigenvalue weighted by molar-refractivity contribution is 0.102. The predicted octanol–water partition coefficient (Wildman–Crippen LogP) is 5.19. The van der Waals surface area contributed by atoms with E-state index in [0.29, 0.717) is 16.7 Å². The summed E-state index contributed by atoms with van der Waals surface area (Å²) in [5, 5.41) is 11.4. The van der Waals surface area contributed by atoms with Gasteiger partial charge in [0.25, 0.3) is 5.22 Å². The number of thioether (sulfide) groups is 1. The number of hydrogen-bond acceptors (Lipinski definition) is 7. The highest BCUT2D eigenvalue weighted by Crippen LogP contribution is 2.27. The third-order valence-electron chi connectivity index (χ3n) is 4.54. The lowest BCUT2D eigenvalue weighted by Gasteiger charge is -2.05. The maximum absolute atomic E-state index is 12.8. The van der Waals surface area contributed by atoms with E-state index in [0.717, 1.165) is 33.2 Å². The van der Waals surface area contributed by atoms with Crippen LogP contribution in [0.1, 0.15) is 32.9 Å². The molecule has 0 aliphatic heterocycles. The number of aromatic nitrogens is 4. The van der Waals surface area contributed by atoms with Gasteiger partial charge in [0.1, 0.15) is 0 Å². The number of carbonyl (C=O) groups is 1. The number of Topliss-reactive ketones (excluding diaryl/α,β-unsaturated/α-hetero) is 1. The molecule has 0 atom stereocenters. The van der Waals surface area contributed by atoms with Gasteiger partial charge in [0.15, 0.2) is 10.9 Å². The normalized spacial score (nSPS) is 11.2. The molecular weight excluding hydrogens is 404 g/mol. The largest absolute Gasteiger partial charge is 0.411 e. The molecule has 3 aromatic heterocycles. The first-order chi connectivity index (χ1) is 13.9. The fourth-order valence-electron chi connectivity index (χ4n) is 3.35. The molecule has 0 unspecified atom stereocenters. The van der Waals surface area contributed by atoms with Gasteiger partial charge in [0, 0.05) is 34.1 Å². The van der Waals surface area contributed by atoms with Gasteiger partial charge in [-0.3, -0.25) is 9.36 Å². The summed E-state index contributed by atoms with van der Waals surface area (Å²) >= 11 is 2.80. The maximum Gasteiger partial charge on any atom is 0.277 e. The molecule has 3 heterocycles. The van der Waals surface area contributed by atoms with Crippen molar-refractivity contribution in [2.24, 2.45) is 0 Å². The zero-order chi connectivity index (χ0) is 20.5. The molecule has 0 N–H and O–H groups in total. The van der Waals surface area contributed by atoms with E-state index >= 15 is 0 Å². The van der Waals surface area contributed by atoms with Crippen LogP contribution in [0.5, 0.6) is 0 Å². The lowest BCUT2D eigenvalue weighted by atomic mass is 10.1. The molecule has 0 amide bonds. The smallest absolute Gasteiger partial charge is 0.277 e. The van der Waals surface area contributed by atoms with Gasteiger partial charge in [-0.05, 0) is 45.9 Å². The Morgan fingerprint density at radius 2 is 1.86 bits per heavy atom. The van der Waals surface area contributed by atoms with Gasteiger partial charge in [0.05, 0.1) is 5.75 Å². The van der Waals surface area contributed by atoms with Crippen LogP contribution in [-0.2, 0) is 0 Å². The van der Waals surface area contributed by atoms with Crippen LogP contribution in [0.15, 0.2) is 45.5 Å². The number of nitrogens with zero attached hydrogens (tertiary/aromatic N) is 4. The van der Waals surface area contributed by atoms with Crippen LogP contribution < -0.4 is 0 Å². The van der Waals surface area contributed by atoms with Crippen molar-refractivity contribution < 1.29 is 9.21 Å². The second kappa shape index (κ2) is 7.96. The van der Waals surface area contributed by atoms with Crippen LogP contribution in [0.4, 0.5) is 0 Å². The molecule has 0 saturated heterocycles. The molecule has 1 aromatic carbocycles. The molecule has 8 heteroatoms. The average molecular weight is 425 g/mol. The minimum Gasteiger partial charge on any atom is -0.411 e. The molecule has 4 aromatic rings. The molecule has 0 bridgehead atoms. The van der Waals surface area contributed by atoms with Gasteiger partial charge in [-0.2, -0.15) is 0 Å². The van der Waals surface area contributed by atoms with Crippen LogP contribution in [0.3, 0.4) is 0 Å². The number of thiazole rings is 1. The first kappa shape index (κ1) is 19.6. The number of rotatable bonds is 6. The maximum atomic E-state index is 12.8. The molecule has 0 radical (unpaired) electrons. The predicted molar refractivity (Wildman–Crippen MR) is 115 cm³/mol. The van der Waals surface area contributed by atoms with Gasteiger partial charge >= 0.3 is 0 Å². The van der Waals surface area contributed by atoms with Crippen molar-refractivity contribution in [3.05, 3.63) is 63.9 Å². The summed E-state index contributed by atoms with van der Waals surface area (Å²) in [7, 11) is 0. The first-order valence-electron chi connectivity index (χ1n) is 9.09. The van der Waals surface area contributed by atoms with Crippen molar-refractivity contribution >= 4 is 28.9 Å². The Morgan fingerprint density at radius 3 is 2.55 bits per heavy atom. The minimum absolute atomic E-state index is 0.0251. The van der Waals surface area contributed by atoms with E-state index in [2.05, 4.69) is 21.2 Å². The number of benzene rings is 1. The van der Waals surface area contributed by atoms with Gasteiger partial charge in [-0.15, -0.1) is 21.5 Å². The van der Waals surface area contributed by atoms with Crippen LogP contribution in [0, 0.1) is 27.7 Å². The van der Waals surface area contributed by atoms with E-state index in [1.807, 2.05) is 55.8 Å². The van der Waals surface area contributed by atoms with Crippen molar-refractivity contribution in [2.45, 2.75) is 32.9 Å². The highest BCUT2D eigenvalue weighted by atomic mass is 32.2. The Kier molecular flexibility index (Phi) is 5.38. The molecule has 0 spiro atoms. The molecule has 0 saturated carbocycles. The van der Waals surface area contributed by atoms with Gasteiger partial charge < -0.3 is 4.42 Å². The van der Waals surface area contributed by atoms with E-state index in [-0.39, 0.29) is 11.5 Å². The fourth-order valence-corrected chi connectivity index (χ4v) is 4.75. The summed E-state index contributed by atoms with van der Waals surface area (Å²) in [6.45, 7) is 7.98. The molecule has 148 valence electrons. The van der Waals surface area contributed by atoms with Gasteiger partial charge in [-0.1, -0.05) is 29.0 Å². The van der Waals surface area contributed by atoms with Crippen LogP contribution in [0.2, 0.25) is 0 Å². The monoisotopic (exact) mass is 424 g/mol. The number of aryl methyl sites for hydroxylation is 3. The van der Waals surface area contributed by atoms with Crippen LogP contribution >= 0.6 is 23.1 Å². The summed E-state index contributed by atoms with van der Waals surface area (Å²) in [5.41, 5.74) is 5.74. The van der Waals surface area contributed by atoms with E-state index < -0.39 is 0 Å². The van der Waals surface area contributed by atoms with Gasteiger partial charge in [-0.25, -0.2) is 4.98 Å². The summed E-state index contributed by atoms with van der Waals surface area (Å²) in [6, 6.07) is 8.02. The van der Waals surface area contributed by atoms with Crippen molar-refractivity contribution in [1.82, 2.24) is 19.7 Å². The minimum atomic E-state index is 0.0251. The number of ketones is 1. The molecule has 29 heavy (non-hydrogen) atoms. The Balaban J connectivity index is 1.48. The molecule has 4 rings (SSSR count). The second-order valence-electron chi connectivity index (χ2n) is 6.90. The molecule has 0 aliphatic rings. The van der Waals surface area contributed by atoms with Crippen molar-refractivity contribution in [3.8, 4) is 16.6 Å². The molecule has 0 aliphatic carbocycles. The highest BCUT2D eigenvalue weighted by molar-refractivity contribution is 7.99. The Morgan fingerprint density at radius 1 is 1.10 bits per heavy atom. The zero-order valence-corrected chi connectivity index (χ0v) is 18.2. The van der Waals surface area contributed by atoms with Crippen LogP contribution in [0.25, 0.3) is 16.6 Å².